The lowest BCUT2D eigenvalue weighted by Gasteiger charge is -2.33. The van der Waals surface area contributed by atoms with E-state index in [4.69, 9.17) is 4.52 Å². The summed E-state index contributed by atoms with van der Waals surface area (Å²) < 4.78 is 5.28. The van der Waals surface area contributed by atoms with E-state index >= 15 is 0 Å². The smallest absolute Gasteiger partial charge is 0.318 e. The molecule has 1 aromatic heterocycles. The second-order valence-electron chi connectivity index (χ2n) is 5.85. The van der Waals surface area contributed by atoms with Gasteiger partial charge in [-0.3, -0.25) is 0 Å². The number of piperidine rings is 1. The van der Waals surface area contributed by atoms with Crippen molar-refractivity contribution in [1.29, 1.82) is 0 Å². The predicted molar refractivity (Wildman–Crippen MR) is 85.9 cm³/mol. The molecule has 0 bridgehead atoms. The van der Waals surface area contributed by atoms with Crippen LogP contribution in [0.5, 0.6) is 0 Å². The molecule has 1 unspecified atom stereocenters. The van der Waals surface area contributed by atoms with Gasteiger partial charge in [-0.2, -0.15) is 4.98 Å². The number of rotatable bonds is 4. The molecule has 1 N–H and O–H groups in total. The van der Waals surface area contributed by atoms with Crippen LogP contribution in [0.2, 0.25) is 0 Å². The van der Waals surface area contributed by atoms with Gasteiger partial charge < -0.3 is 14.7 Å². The zero-order valence-corrected chi connectivity index (χ0v) is 13.4. The molecule has 23 heavy (non-hydrogen) atoms. The van der Waals surface area contributed by atoms with Crippen LogP contribution in [0.1, 0.15) is 42.6 Å². The second-order valence-corrected chi connectivity index (χ2v) is 5.85. The number of aromatic nitrogens is 2. The van der Waals surface area contributed by atoms with Crippen LogP contribution in [0.25, 0.3) is 0 Å². The van der Waals surface area contributed by atoms with Gasteiger partial charge in [-0.15, -0.1) is 0 Å². The van der Waals surface area contributed by atoms with Crippen molar-refractivity contribution in [2.24, 2.45) is 0 Å². The van der Waals surface area contributed by atoms with Gasteiger partial charge >= 0.3 is 6.03 Å². The largest absolute Gasteiger partial charge is 0.338 e. The van der Waals surface area contributed by atoms with Crippen LogP contribution in [-0.4, -0.2) is 34.2 Å². The Morgan fingerprint density at radius 1 is 1.35 bits per heavy atom. The Morgan fingerprint density at radius 2 is 2.17 bits per heavy atom. The molecule has 0 aliphatic carbocycles. The Bertz CT molecular complexity index is 641. The van der Waals surface area contributed by atoms with Crippen LogP contribution >= 0.6 is 0 Å². The topological polar surface area (TPSA) is 71.3 Å². The van der Waals surface area contributed by atoms with E-state index in [0.29, 0.717) is 18.3 Å². The molecule has 0 radical (unpaired) electrons. The summed E-state index contributed by atoms with van der Waals surface area (Å²) in [6, 6.07) is 9.98. The number of amides is 2. The molecule has 2 amide bonds. The minimum Gasteiger partial charge on any atom is -0.338 e. The van der Waals surface area contributed by atoms with Gasteiger partial charge in [0.1, 0.15) is 6.04 Å². The Morgan fingerprint density at radius 3 is 2.91 bits per heavy atom. The van der Waals surface area contributed by atoms with Gasteiger partial charge in [0.2, 0.25) is 5.89 Å². The van der Waals surface area contributed by atoms with E-state index in [-0.39, 0.29) is 12.1 Å². The minimum atomic E-state index is -0.110. The standard InChI is InChI=1S/C17H22N4O2/c1-13-19-16(23-20-13)15-9-5-6-12-21(15)17(22)18-11-10-14-7-3-2-4-8-14/h2-4,7-8,15H,5-6,9-12H2,1H3,(H,18,22). The summed E-state index contributed by atoms with van der Waals surface area (Å²) in [4.78, 5) is 18.6. The van der Waals surface area contributed by atoms with E-state index in [0.717, 1.165) is 32.2 Å². The fourth-order valence-corrected chi connectivity index (χ4v) is 2.94. The number of likely N-dealkylation sites (tertiary alicyclic amines) is 1. The van der Waals surface area contributed by atoms with E-state index in [2.05, 4.69) is 27.6 Å². The number of nitrogens with zero attached hydrogens (tertiary/aromatic N) is 3. The summed E-state index contributed by atoms with van der Waals surface area (Å²) in [6.07, 6.45) is 3.77. The van der Waals surface area contributed by atoms with Gasteiger partial charge in [0, 0.05) is 13.1 Å². The van der Waals surface area contributed by atoms with Crippen LogP contribution in [-0.2, 0) is 6.42 Å². The summed E-state index contributed by atoms with van der Waals surface area (Å²) in [5, 5.41) is 6.85. The van der Waals surface area contributed by atoms with Crippen molar-refractivity contribution in [2.45, 2.75) is 38.6 Å². The number of urea groups is 1. The zero-order valence-electron chi connectivity index (χ0n) is 13.4. The summed E-state index contributed by atoms with van der Waals surface area (Å²) in [5.41, 5.74) is 1.22. The van der Waals surface area contributed by atoms with Gasteiger partial charge in [-0.25, -0.2) is 4.79 Å². The SMILES string of the molecule is Cc1noc(C2CCCCN2C(=O)NCCc2ccccc2)n1. The maximum atomic E-state index is 12.5. The van der Waals surface area contributed by atoms with E-state index in [1.807, 2.05) is 23.1 Å². The van der Waals surface area contributed by atoms with Crippen molar-refractivity contribution in [3.05, 3.63) is 47.6 Å². The minimum absolute atomic E-state index is 0.0542. The van der Waals surface area contributed by atoms with Crippen LogP contribution in [0.15, 0.2) is 34.9 Å². The van der Waals surface area contributed by atoms with Crippen LogP contribution in [0, 0.1) is 6.92 Å². The first-order valence-corrected chi connectivity index (χ1v) is 8.12. The van der Waals surface area contributed by atoms with Crippen molar-refractivity contribution in [1.82, 2.24) is 20.4 Å². The molecule has 1 atom stereocenters. The number of benzene rings is 1. The van der Waals surface area contributed by atoms with Gasteiger partial charge in [0.05, 0.1) is 0 Å². The Kier molecular flexibility index (Phi) is 4.90. The Labute approximate surface area is 135 Å². The predicted octanol–water partition coefficient (Wildman–Crippen LogP) is 2.86. The average Bonchev–Trinajstić information content (AvgIpc) is 3.02. The number of aryl methyl sites for hydroxylation is 1. The molecule has 6 heteroatoms. The third-order valence-electron chi connectivity index (χ3n) is 4.12. The van der Waals surface area contributed by atoms with E-state index in [9.17, 15) is 4.79 Å². The normalized spacial score (nSPS) is 18.0. The molecule has 1 aromatic carbocycles. The molecule has 0 spiro atoms. The molecule has 1 aliphatic rings. The van der Waals surface area contributed by atoms with Crippen molar-refractivity contribution in [3.63, 3.8) is 0 Å². The van der Waals surface area contributed by atoms with Crippen molar-refractivity contribution in [3.8, 4) is 0 Å². The first kappa shape index (κ1) is 15.5. The molecule has 0 saturated carbocycles. The number of nitrogens with one attached hydrogen (secondary N) is 1. The lowest BCUT2D eigenvalue weighted by Crippen LogP contribution is -2.45. The number of hydrogen-bond donors (Lipinski definition) is 1. The molecule has 2 heterocycles. The molecule has 1 fully saturated rings. The maximum absolute atomic E-state index is 12.5. The zero-order chi connectivity index (χ0) is 16.1. The monoisotopic (exact) mass is 314 g/mol. The van der Waals surface area contributed by atoms with Crippen LogP contribution < -0.4 is 5.32 Å². The molecule has 122 valence electrons. The lowest BCUT2D eigenvalue weighted by molar-refractivity contribution is 0.132. The quantitative estimate of drug-likeness (QED) is 0.942. The average molecular weight is 314 g/mol. The lowest BCUT2D eigenvalue weighted by atomic mass is 10.0. The number of hydrogen-bond acceptors (Lipinski definition) is 4. The molecular formula is C17H22N4O2. The highest BCUT2D eigenvalue weighted by atomic mass is 16.5. The summed E-state index contributed by atoms with van der Waals surface area (Å²) in [6.45, 7) is 3.14. The molecule has 2 aromatic rings. The van der Waals surface area contributed by atoms with E-state index in [1.54, 1.807) is 6.92 Å². The highest BCUT2D eigenvalue weighted by Crippen LogP contribution is 2.29. The molecule has 3 rings (SSSR count). The highest BCUT2D eigenvalue weighted by Gasteiger charge is 2.31. The van der Waals surface area contributed by atoms with Gasteiger partial charge in [-0.1, -0.05) is 35.5 Å². The summed E-state index contributed by atoms with van der Waals surface area (Å²) in [5.74, 6) is 1.15. The highest BCUT2D eigenvalue weighted by molar-refractivity contribution is 5.74. The number of carbonyl (C=O) groups is 1. The van der Waals surface area contributed by atoms with Crippen LogP contribution in [0.3, 0.4) is 0 Å². The van der Waals surface area contributed by atoms with Crippen molar-refractivity contribution < 1.29 is 9.32 Å². The first-order valence-electron chi connectivity index (χ1n) is 8.12. The van der Waals surface area contributed by atoms with Crippen molar-refractivity contribution in [2.75, 3.05) is 13.1 Å². The first-order chi connectivity index (χ1) is 11.2. The molecule has 6 nitrogen and oxygen atoms in total. The van der Waals surface area contributed by atoms with Crippen molar-refractivity contribution >= 4 is 6.03 Å². The molecule has 1 saturated heterocycles. The summed E-state index contributed by atoms with van der Waals surface area (Å²) >= 11 is 0. The summed E-state index contributed by atoms with van der Waals surface area (Å²) in [7, 11) is 0. The maximum Gasteiger partial charge on any atom is 0.318 e. The fourth-order valence-electron chi connectivity index (χ4n) is 2.94. The third kappa shape index (κ3) is 3.88. The fraction of sp³-hybridized carbons (Fsp3) is 0.471. The Balaban J connectivity index is 1.58. The number of carbonyl (C=O) groups excluding carboxylic acids is 1. The Hall–Kier alpha value is -2.37. The van der Waals surface area contributed by atoms with Crippen LogP contribution in [0.4, 0.5) is 4.79 Å². The molecular weight excluding hydrogens is 292 g/mol. The van der Waals surface area contributed by atoms with E-state index in [1.165, 1.54) is 5.56 Å². The second kappa shape index (κ2) is 7.26. The van der Waals surface area contributed by atoms with Gasteiger partial charge in [0.15, 0.2) is 5.82 Å². The van der Waals surface area contributed by atoms with Gasteiger partial charge in [-0.05, 0) is 38.2 Å². The molecule has 1 aliphatic heterocycles. The van der Waals surface area contributed by atoms with E-state index < -0.39 is 0 Å². The van der Waals surface area contributed by atoms with Gasteiger partial charge in [0.25, 0.3) is 0 Å². The third-order valence-corrected chi connectivity index (χ3v) is 4.12.